The molecule has 0 aliphatic heterocycles. The fraction of sp³-hybridized carbons (Fsp3) is 0.250. The van der Waals surface area contributed by atoms with Crippen LogP contribution in [0.15, 0.2) is 66.1 Å². The molecule has 2 aromatic carbocycles. The number of aromatic nitrogens is 3. The summed E-state index contributed by atoms with van der Waals surface area (Å²) in [7, 11) is 0. The molecule has 4 rings (SSSR count). The van der Waals surface area contributed by atoms with Crippen molar-refractivity contribution in [1.82, 2.24) is 20.1 Å². The zero-order valence-electron chi connectivity index (χ0n) is 14.3. The Bertz CT molecular complexity index is 894. The van der Waals surface area contributed by atoms with Crippen LogP contribution in [0.4, 0.5) is 0 Å². The number of para-hydroxylation sites is 1. The van der Waals surface area contributed by atoms with Gasteiger partial charge < -0.3 is 5.32 Å². The van der Waals surface area contributed by atoms with Gasteiger partial charge in [0.05, 0.1) is 17.5 Å². The highest BCUT2D eigenvalue weighted by molar-refractivity contribution is 7.99. The van der Waals surface area contributed by atoms with Crippen molar-refractivity contribution in [2.75, 3.05) is 5.75 Å². The lowest BCUT2D eigenvalue weighted by atomic mass is 9.88. The number of nitrogens with zero attached hydrogens (tertiary/aromatic N) is 3. The molecule has 0 radical (unpaired) electrons. The minimum absolute atomic E-state index is 0.0211. The first-order chi connectivity index (χ1) is 12.8. The standard InChI is InChI=1S/C20H20N4OS/c25-19(22-18-12-6-8-15-7-4-5-11-17(15)18)13-26-20-21-14-24(23-20)16-9-2-1-3-10-16/h1-5,7,9-11,14,18H,6,8,12-13H2,(H,22,25). The van der Waals surface area contributed by atoms with Gasteiger partial charge in [-0.25, -0.2) is 9.67 Å². The van der Waals surface area contributed by atoms with E-state index in [9.17, 15) is 4.79 Å². The summed E-state index contributed by atoms with van der Waals surface area (Å²) in [5, 5.41) is 8.19. The Balaban J connectivity index is 1.35. The van der Waals surface area contributed by atoms with Gasteiger partial charge in [-0.1, -0.05) is 54.2 Å². The molecular weight excluding hydrogens is 344 g/mol. The molecule has 3 aromatic rings. The summed E-state index contributed by atoms with van der Waals surface area (Å²) >= 11 is 1.36. The van der Waals surface area contributed by atoms with Gasteiger partial charge in [0.1, 0.15) is 6.33 Å². The quantitative estimate of drug-likeness (QED) is 0.704. The second-order valence-corrected chi connectivity index (χ2v) is 7.25. The molecule has 1 heterocycles. The first-order valence-corrected chi connectivity index (χ1v) is 9.75. The van der Waals surface area contributed by atoms with Crippen LogP contribution in [0, 0.1) is 0 Å². The summed E-state index contributed by atoms with van der Waals surface area (Å²) in [6.07, 6.45) is 4.87. The predicted octanol–water partition coefficient (Wildman–Crippen LogP) is 3.55. The van der Waals surface area contributed by atoms with Crippen molar-refractivity contribution in [3.63, 3.8) is 0 Å². The molecule has 0 bridgehead atoms. The number of hydrogen-bond acceptors (Lipinski definition) is 4. The number of fused-ring (bicyclic) bond motifs is 1. The molecule has 6 heteroatoms. The average molecular weight is 364 g/mol. The normalized spacial score (nSPS) is 16.1. The summed E-state index contributed by atoms with van der Waals surface area (Å²) in [5.41, 5.74) is 3.55. The van der Waals surface area contributed by atoms with E-state index in [0.29, 0.717) is 10.9 Å². The lowest BCUT2D eigenvalue weighted by molar-refractivity contribution is -0.119. The van der Waals surface area contributed by atoms with Crippen molar-refractivity contribution >= 4 is 17.7 Å². The zero-order valence-corrected chi connectivity index (χ0v) is 15.2. The van der Waals surface area contributed by atoms with E-state index in [-0.39, 0.29) is 11.9 Å². The molecule has 1 aliphatic rings. The van der Waals surface area contributed by atoms with Crippen molar-refractivity contribution in [3.05, 3.63) is 72.1 Å². The second-order valence-electron chi connectivity index (χ2n) is 6.31. The van der Waals surface area contributed by atoms with Crippen LogP contribution in [0.25, 0.3) is 5.69 Å². The van der Waals surface area contributed by atoms with E-state index >= 15 is 0 Å². The van der Waals surface area contributed by atoms with Crippen LogP contribution in [0.1, 0.15) is 30.0 Å². The molecule has 132 valence electrons. The lowest BCUT2D eigenvalue weighted by Crippen LogP contribution is -2.32. The van der Waals surface area contributed by atoms with Gasteiger partial charge in [-0.2, -0.15) is 0 Å². The Morgan fingerprint density at radius 2 is 1.96 bits per heavy atom. The highest BCUT2D eigenvalue weighted by atomic mass is 32.2. The molecule has 26 heavy (non-hydrogen) atoms. The Hall–Kier alpha value is -2.60. The highest BCUT2D eigenvalue weighted by Crippen LogP contribution is 2.29. The Kier molecular flexibility index (Phi) is 5.02. The average Bonchev–Trinajstić information content (AvgIpc) is 3.17. The number of nitrogens with one attached hydrogen (secondary N) is 1. The molecule has 0 fully saturated rings. The van der Waals surface area contributed by atoms with Crippen molar-refractivity contribution < 1.29 is 4.79 Å². The highest BCUT2D eigenvalue weighted by Gasteiger charge is 2.21. The summed E-state index contributed by atoms with van der Waals surface area (Å²) in [6.45, 7) is 0. The van der Waals surface area contributed by atoms with Crippen LogP contribution >= 0.6 is 11.8 Å². The van der Waals surface area contributed by atoms with Crippen molar-refractivity contribution in [1.29, 1.82) is 0 Å². The van der Waals surface area contributed by atoms with E-state index in [1.165, 1.54) is 22.9 Å². The van der Waals surface area contributed by atoms with Crippen molar-refractivity contribution in [3.8, 4) is 5.69 Å². The molecule has 1 atom stereocenters. The summed E-state index contributed by atoms with van der Waals surface area (Å²) in [4.78, 5) is 16.7. The topological polar surface area (TPSA) is 59.8 Å². The predicted molar refractivity (Wildman–Crippen MR) is 102 cm³/mol. The Morgan fingerprint density at radius 1 is 1.15 bits per heavy atom. The van der Waals surface area contributed by atoms with Gasteiger partial charge in [0, 0.05) is 0 Å². The van der Waals surface area contributed by atoms with E-state index < -0.39 is 0 Å². The van der Waals surface area contributed by atoms with E-state index in [0.717, 1.165) is 24.9 Å². The smallest absolute Gasteiger partial charge is 0.230 e. The number of thioether (sulfide) groups is 1. The largest absolute Gasteiger partial charge is 0.349 e. The third-order valence-corrected chi connectivity index (χ3v) is 5.38. The Morgan fingerprint density at radius 3 is 2.85 bits per heavy atom. The molecule has 0 saturated carbocycles. The zero-order chi connectivity index (χ0) is 17.8. The number of benzene rings is 2. The number of aryl methyl sites for hydroxylation is 1. The number of carbonyl (C=O) groups excluding carboxylic acids is 1. The molecule has 1 amide bonds. The first kappa shape index (κ1) is 16.8. The number of carbonyl (C=O) groups is 1. The SMILES string of the molecule is O=C(CSc1ncn(-c2ccccc2)n1)NC1CCCc2ccccc21. The lowest BCUT2D eigenvalue weighted by Gasteiger charge is -2.26. The number of amides is 1. The van der Waals surface area contributed by atoms with Crippen LogP contribution < -0.4 is 5.32 Å². The maximum atomic E-state index is 12.4. The van der Waals surface area contributed by atoms with Crippen LogP contribution in [0.3, 0.4) is 0 Å². The van der Waals surface area contributed by atoms with Gasteiger partial charge in [-0.05, 0) is 42.5 Å². The maximum Gasteiger partial charge on any atom is 0.230 e. The molecule has 1 unspecified atom stereocenters. The van der Waals surface area contributed by atoms with E-state index in [1.807, 2.05) is 36.4 Å². The fourth-order valence-corrected chi connectivity index (χ4v) is 3.90. The molecule has 5 nitrogen and oxygen atoms in total. The van der Waals surface area contributed by atoms with Gasteiger partial charge in [0.2, 0.25) is 11.1 Å². The molecule has 0 spiro atoms. The van der Waals surface area contributed by atoms with Crippen molar-refractivity contribution in [2.45, 2.75) is 30.5 Å². The Labute approximate surface area is 156 Å². The number of rotatable bonds is 5. The molecular formula is C20H20N4OS. The van der Waals surface area contributed by atoms with Crippen LogP contribution in [0.5, 0.6) is 0 Å². The third kappa shape index (κ3) is 3.80. The second kappa shape index (κ2) is 7.74. The molecule has 0 saturated heterocycles. The fourth-order valence-electron chi connectivity index (χ4n) is 3.29. The van der Waals surface area contributed by atoms with E-state index in [2.05, 4.69) is 33.6 Å². The van der Waals surface area contributed by atoms with Crippen LogP contribution in [-0.2, 0) is 11.2 Å². The van der Waals surface area contributed by atoms with Gasteiger partial charge in [-0.15, -0.1) is 5.10 Å². The van der Waals surface area contributed by atoms with Gasteiger partial charge in [-0.3, -0.25) is 4.79 Å². The maximum absolute atomic E-state index is 12.4. The summed E-state index contributed by atoms with van der Waals surface area (Å²) in [6, 6.07) is 18.3. The van der Waals surface area contributed by atoms with Gasteiger partial charge >= 0.3 is 0 Å². The first-order valence-electron chi connectivity index (χ1n) is 8.76. The molecule has 1 aliphatic carbocycles. The molecule has 1 N–H and O–H groups in total. The number of hydrogen-bond donors (Lipinski definition) is 1. The minimum Gasteiger partial charge on any atom is -0.349 e. The van der Waals surface area contributed by atoms with Crippen LogP contribution in [0.2, 0.25) is 0 Å². The van der Waals surface area contributed by atoms with Gasteiger partial charge in [0.15, 0.2) is 0 Å². The van der Waals surface area contributed by atoms with Gasteiger partial charge in [0.25, 0.3) is 0 Å². The van der Waals surface area contributed by atoms with Crippen molar-refractivity contribution in [2.24, 2.45) is 0 Å². The van der Waals surface area contributed by atoms with Crippen LogP contribution in [-0.4, -0.2) is 26.4 Å². The summed E-state index contributed by atoms with van der Waals surface area (Å²) in [5.74, 6) is 0.338. The summed E-state index contributed by atoms with van der Waals surface area (Å²) < 4.78 is 1.72. The molecule has 1 aromatic heterocycles. The minimum atomic E-state index is 0.0211. The monoisotopic (exact) mass is 364 g/mol. The van der Waals surface area contributed by atoms with E-state index in [1.54, 1.807) is 11.0 Å². The third-order valence-electron chi connectivity index (χ3n) is 4.53. The van der Waals surface area contributed by atoms with E-state index in [4.69, 9.17) is 0 Å².